The average Bonchev–Trinajstić information content (AvgIpc) is 2.88. The smallest absolute Gasteiger partial charge is 0.254 e. The van der Waals surface area contributed by atoms with E-state index in [-0.39, 0.29) is 16.2 Å². The molecule has 0 saturated heterocycles. The van der Waals surface area contributed by atoms with E-state index in [1.807, 2.05) is 0 Å². The van der Waals surface area contributed by atoms with Crippen molar-refractivity contribution in [1.29, 1.82) is 0 Å². The van der Waals surface area contributed by atoms with Crippen molar-refractivity contribution in [2.45, 2.75) is 35.9 Å². The van der Waals surface area contributed by atoms with Gasteiger partial charge in [-0.1, -0.05) is 12.8 Å². The van der Waals surface area contributed by atoms with Crippen LogP contribution in [-0.4, -0.2) is 28.1 Å². The SMILES string of the molecule is COc1ccsc1S(=O)(=O)N[C@@H]1CCCC[C@H]1CN. The van der Waals surface area contributed by atoms with Gasteiger partial charge in [0.2, 0.25) is 0 Å². The van der Waals surface area contributed by atoms with Gasteiger partial charge in [0.25, 0.3) is 10.0 Å². The van der Waals surface area contributed by atoms with E-state index in [0.717, 1.165) is 25.7 Å². The second kappa shape index (κ2) is 6.21. The molecule has 0 aromatic carbocycles. The molecule has 5 nitrogen and oxygen atoms in total. The molecule has 2 rings (SSSR count). The maximum atomic E-state index is 12.4. The Balaban J connectivity index is 2.16. The maximum absolute atomic E-state index is 12.4. The van der Waals surface area contributed by atoms with Gasteiger partial charge >= 0.3 is 0 Å². The van der Waals surface area contributed by atoms with Gasteiger partial charge in [-0.25, -0.2) is 13.1 Å². The standard InChI is InChI=1S/C12H20N2O3S2/c1-17-11-6-7-18-12(11)19(15,16)14-10-5-3-2-4-9(10)8-13/h6-7,9-10,14H,2-5,8,13H2,1H3/t9-,10+/m0/s1. The Morgan fingerprint density at radius 1 is 1.47 bits per heavy atom. The minimum absolute atomic E-state index is 0.0597. The zero-order chi connectivity index (χ0) is 13.9. The van der Waals surface area contributed by atoms with E-state index >= 15 is 0 Å². The Hall–Kier alpha value is -0.630. The number of methoxy groups -OCH3 is 1. The Morgan fingerprint density at radius 2 is 2.21 bits per heavy atom. The lowest BCUT2D eigenvalue weighted by Crippen LogP contribution is -2.44. The highest BCUT2D eigenvalue weighted by Crippen LogP contribution is 2.31. The van der Waals surface area contributed by atoms with Crippen LogP contribution in [0.15, 0.2) is 15.7 Å². The van der Waals surface area contributed by atoms with Gasteiger partial charge < -0.3 is 10.5 Å². The van der Waals surface area contributed by atoms with Crippen LogP contribution in [0.1, 0.15) is 25.7 Å². The summed E-state index contributed by atoms with van der Waals surface area (Å²) in [7, 11) is -2.04. The zero-order valence-electron chi connectivity index (χ0n) is 11.0. The number of hydrogen-bond donors (Lipinski definition) is 2. The van der Waals surface area contributed by atoms with Gasteiger partial charge in [0.15, 0.2) is 4.21 Å². The average molecular weight is 304 g/mol. The van der Waals surface area contributed by atoms with Crippen LogP contribution in [0, 0.1) is 5.92 Å². The van der Waals surface area contributed by atoms with Crippen molar-refractivity contribution < 1.29 is 13.2 Å². The molecule has 0 bridgehead atoms. The summed E-state index contributed by atoms with van der Waals surface area (Å²) in [6.07, 6.45) is 4.02. The number of sulfonamides is 1. The minimum Gasteiger partial charge on any atom is -0.494 e. The molecule has 19 heavy (non-hydrogen) atoms. The van der Waals surface area contributed by atoms with E-state index in [4.69, 9.17) is 10.5 Å². The summed E-state index contributed by atoms with van der Waals surface area (Å²) >= 11 is 1.17. The predicted molar refractivity (Wildman–Crippen MR) is 76.0 cm³/mol. The number of rotatable bonds is 5. The van der Waals surface area contributed by atoms with Crippen LogP contribution in [0.5, 0.6) is 5.75 Å². The minimum atomic E-state index is -3.51. The summed E-state index contributed by atoms with van der Waals surface area (Å²) in [6.45, 7) is 0.523. The van der Waals surface area contributed by atoms with Gasteiger partial charge in [0.05, 0.1) is 7.11 Å². The molecule has 0 unspecified atom stereocenters. The Labute approximate surface area is 118 Å². The second-order valence-corrected chi connectivity index (χ2v) is 7.61. The quantitative estimate of drug-likeness (QED) is 0.865. The molecule has 3 N–H and O–H groups in total. The van der Waals surface area contributed by atoms with Gasteiger partial charge in [-0.15, -0.1) is 11.3 Å². The predicted octanol–water partition coefficient (Wildman–Crippen LogP) is 1.55. The fourth-order valence-corrected chi connectivity index (χ4v) is 5.16. The first kappa shape index (κ1) is 14.8. The second-order valence-electron chi connectivity index (χ2n) is 4.78. The van der Waals surface area contributed by atoms with E-state index in [9.17, 15) is 8.42 Å². The first-order valence-electron chi connectivity index (χ1n) is 6.42. The van der Waals surface area contributed by atoms with Crippen LogP contribution in [-0.2, 0) is 10.0 Å². The van der Waals surface area contributed by atoms with Crippen molar-refractivity contribution in [2.75, 3.05) is 13.7 Å². The molecule has 0 spiro atoms. The summed E-state index contributed by atoms with van der Waals surface area (Å²) in [6, 6.07) is 1.61. The first-order chi connectivity index (χ1) is 9.08. The van der Waals surface area contributed by atoms with Crippen LogP contribution in [0.3, 0.4) is 0 Å². The van der Waals surface area contributed by atoms with Crippen molar-refractivity contribution in [3.63, 3.8) is 0 Å². The summed E-state index contributed by atoms with van der Waals surface area (Å²) in [5.74, 6) is 0.632. The van der Waals surface area contributed by atoms with Crippen molar-refractivity contribution >= 4 is 21.4 Å². The fraction of sp³-hybridized carbons (Fsp3) is 0.667. The zero-order valence-corrected chi connectivity index (χ0v) is 12.6. The molecule has 2 atom stereocenters. The van der Waals surface area contributed by atoms with E-state index < -0.39 is 10.0 Å². The van der Waals surface area contributed by atoms with Crippen molar-refractivity contribution in [1.82, 2.24) is 4.72 Å². The van der Waals surface area contributed by atoms with E-state index in [2.05, 4.69) is 4.72 Å². The molecule has 0 aliphatic heterocycles. The lowest BCUT2D eigenvalue weighted by Gasteiger charge is -2.30. The number of ether oxygens (including phenoxy) is 1. The van der Waals surface area contributed by atoms with Crippen molar-refractivity contribution in [3.05, 3.63) is 11.4 Å². The first-order valence-corrected chi connectivity index (χ1v) is 8.78. The molecule has 0 amide bonds. The van der Waals surface area contributed by atoms with Crippen LogP contribution in [0.25, 0.3) is 0 Å². The highest BCUT2D eigenvalue weighted by molar-refractivity contribution is 7.91. The third-order valence-electron chi connectivity index (χ3n) is 3.58. The summed E-state index contributed by atoms with van der Waals surface area (Å²) in [4.78, 5) is 0. The highest BCUT2D eigenvalue weighted by atomic mass is 32.2. The molecular formula is C12H20N2O3S2. The number of hydrogen-bond acceptors (Lipinski definition) is 5. The van der Waals surface area contributed by atoms with E-state index in [1.54, 1.807) is 11.4 Å². The molecule has 1 heterocycles. The molecule has 1 aliphatic rings. The topological polar surface area (TPSA) is 81.4 Å². The molecule has 1 fully saturated rings. The van der Waals surface area contributed by atoms with Crippen molar-refractivity contribution in [3.8, 4) is 5.75 Å². The maximum Gasteiger partial charge on any atom is 0.254 e. The Kier molecular flexibility index (Phi) is 4.83. The fourth-order valence-electron chi connectivity index (χ4n) is 2.53. The number of nitrogens with one attached hydrogen (secondary N) is 1. The van der Waals surface area contributed by atoms with Gasteiger partial charge in [-0.2, -0.15) is 0 Å². The van der Waals surface area contributed by atoms with E-state index in [1.165, 1.54) is 18.4 Å². The van der Waals surface area contributed by atoms with Crippen LogP contribution in [0.4, 0.5) is 0 Å². The Morgan fingerprint density at radius 3 is 2.89 bits per heavy atom. The third kappa shape index (κ3) is 3.28. The van der Waals surface area contributed by atoms with Crippen LogP contribution in [0.2, 0.25) is 0 Å². The van der Waals surface area contributed by atoms with Crippen LogP contribution >= 0.6 is 11.3 Å². The molecule has 108 valence electrons. The number of thiophene rings is 1. The number of nitrogens with two attached hydrogens (primary N) is 1. The third-order valence-corrected chi connectivity index (χ3v) is 6.51. The van der Waals surface area contributed by atoms with Gasteiger partial charge in [-0.05, 0) is 36.8 Å². The normalized spacial score (nSPS) is 24.3. The lowest BCUT2D eigenvalue weighted by molar-refractivity contribution is 0.296. The molecule has 1 aliphatic carbocycles. The highest BCUT2D eigenvalue weighted by Gasteiger charge is 2.30. The largest absolute Gasteiger partial charge is 0.494 e. The molecule has 1 saturated carbocycles. The van der Waals surface area contributed by atoms with Gasteiger partial charge in [0.1, 0.15) is 5.75 Å². The van der Waals surface area contributed by atoms with E-state index in [0.29, 0.717) is 12.3 Å². The molecule has 1 aromatic rings. The molecular weight excluding hydrogens is 284 g/mol. The summed E-state index contributed by atoms with van der Waals surface area (Å²) in [5, 5.41) is 1.72. The summed E-state index contributed by atoms with van der Waals surface area (Å²) in [5.41, 5.74) is 5.73. The Bertz CT molecular complexity index is 513. The monoisotopic (exact) mass is 304 g/mol. The molecule has 1 aromatic heterocycles. The van der Waals surface area contributed by atoms with Crippen LogP contribution < -0.4 is 15.2 Å². The van der Waals surface area contributed by atoms with Gasteiger partial charge in [0, 0.05) is 6.04 Å². The van der Waals surface area contributed by atoms with Gasteiger partial charge in [-0.3, -0.25) is 0 Å². The molecule has 0 radical (unpaired) electrons. The summed E-state index contributed by atoms with van der Waals surface area (Å²) < 4.78 is 32.9. The lowest BCUT2D eigenvalue weighted by atomic mass is 9.85. The molecule has 7 heteroatoms. The van der Waals surface area contributed by atoms with Crippen molar-refractivity contribution in [2.24, 2.45) is 11.7 Å².